The van der Waals surface area contributed by atoms with E-state index in [-0.39, 0.29) is 23.7 Å². The third-order valence-electron chi connectivity index (χ3n) is 1.92. The van der Waals surface area contributed by atoms with Gasteiger partial charge in [0, 0.05) is 6.54 Å². The first kappa shape index (κ1) is 12.4. The van der Waals surface area contributed by atoms with Crippen molar-refractivity contribution >= 4 is 29.7 Å². The summed E-state index contributed by atoms with van der Waals surface area (Å²) in [5, 5.41) is 8.54. The Labute approximate surface area is 96.2 Å². The molecule has 0 bridgehead atoms. The van der Waals surface area contributed by atoms with Crippen LogP contribution in [0.2, 0.25) is 5.02 Å². The first-order valence-corrected chi connectivity index (χ1v) is 4.81. The lowest BCUT2D eigenvalue weighted by Gasteiger charge is -2.18. The molecule has 0 spiro atoms. The number of halogens is 2. The number of amides is 1. The van der Waals surface area contributed by atoms with Crippen LogP contribution in [0.15, 0.2) is 18.2 Å². The van der Waals surface area contributed by atoms with E-state index in [4.69, 9.17) is 16.7 Å². The molecule has 16 heavy (non-hydrogen) atoms. The topological polar surface area (TPSA) is 57.6 Å². The summed E-state index contributed by atoms with van der Waals surface area (Å²) in [5.74, 6) is -1.73. The molecule has 1 aromatic rings. The molecule has 1 amide bonds. The van der Waals surface area contributed by atoms with Gasteiger partial charge in [0.05, 0.1) is 17.1 Å². The summed E-state index contributed by atoms with van der Waals surface area (Å²) in [7, 11) is 0. The fourth-order valence-corrected chi connectivity index (χ4v) is 1.47. The fourth-order valence-electron chi connectivity index (χ4n) is 1.20. The number of carboxylic acids is 1. The average molecular weight is 246 g/mol. The first-order chi connectivity index (χ1) is 7.56. The highest BCUT2D eigenvalue weighted by Gasteiger charge is 2.15. The van der Waals surface area contributed by atoms with Gasteiger partial charge >= 0.3 is 5.97 Å². The van der Waals surface area contributed by atoms with E-state index in [1.165, 1.54) is 12.1 Å². The van der Waals surface area contributed by atoms with E-state index in [0.29, 0.717) is 6.41 Å². The van der Waals surface area contributed by atoms with Crippen LogP contribution in [0.3, 0.4) is 0 Å². The predicted octanol–water partition coefficient (Wildman–Crippen LogP) is 1.92. The molecule has 6 heteroatoms. The van der Waals surface area contributed by atoms with Crippen LogP contribution in [0.25, 0.3) is 0 Å². The molecule has 0 saturated carbocycles. The summed E-state index contributed by atoms with van der Waals surface area (Å²) < 4.78 is 13.4. The Morgan fingerprint density at radius 3 is 2.75 bits per heavy atom. The van der Waals surface area contributed by atoms with Gasteiger partial charge in [-0.2, -0.15) is 0 Å². The standard InChI is InChI=1S/C10H9ClFNO3/c11-7-2-1-3-8(12)10(7)13(6-14)5-4-9(15)16/h1-3,6H,4-5H2,(H,15,16). The van der Waals surface area contributed by atoms with Gasteiger partial charge in [-0.25, -0.2) is 4.39 Å². The Hall–Kier alpha value is -1.62. The van der Waals surface area contributed by atoms with Crippen LogP contribution in [0, 0.1) is 5.82 Å². The van der Waals surface area contributed by atoms with Gasteiger partial charge in [0.25, 0.3) is 0 Å². The molecule has 0 fully saturated rings. The minimum Gasteiger partial charge on any atom is -0.481 e. The second-order valence-electron chi connectivity index (χ2n) is 3.01. The Morgan fingerprint density at radius 1 is 1.56 bits per heavy atom. The number of hydrogen-bond donors (Lipinski definition) is 1. The number of benzene rings is 1. The van der Waals surface area contributed by atoms with E-state index in [0.717, 1.165) is 11.0 Å². The highest BCUT2D eigenvalue weighted by Crippen LogP contribution is 2.27. The number of rotatable bonds is 5. The van der Waals surface area contributed by atoms with Crippen molar-refractivity contribution in [2.45, 2.75) is 6.42 Å². The van der Waals surface area contributed by atoms with Gasteiger partial charge < -0.3 is 10.0 Å². The molecule has 0 saturated heterocycles. The lowest BCUT2D eigenvalue weighted by molar-refractivity contribution is -0.136. The van der Waals surface area contributed by atoms with E-state index in [1.54, 1.807) is 0 Å². The van der Waals surface area contributed by atoms with Crippen molar-refractivity contribution < 1.29 is 19.1 Å². The Bertz CT molecular complexity index is 391. The monoisotopic (exact) mass is 245 g/mol. The fraction of sp³-hybridized carbons (Fsp3) is 0.200. The van der Waals surface area contributed by atoms with E-state index >= 15 is 0 Å². The molecule has 0 heterocycles. The van der Waals surface area contributed by atoms with Crippen LogP contribution in [-0.2, 0) is 9.59 Å². The maximum absolute atomic E-state index is 13.4. The van der Waals surface area contributed by atoms with E-state index < -0.39 is 11.8 Å². The van der Waals surface area contributed by atoms with Gasteiger partial charge in [-0.15, -0.1) is 0 Å². The van der Waals surface area contributed by atoms with Crippen molar-refractivity contribution in [1.82, 2.24) is 0 Å². The molecule has 0 aliphatic heterocycles. The van der Waals surface area contributed by atoms with Gasteiger partial charge in [-0.1, -0.05) is 17.7 Å². The molecule has 0 aliphatic rings. The normalized spacial score (nSPS) is 9.88. The van der Waals surface area contributed by atoms with Gasteiger partial charge in [0.2, 0.25) is 6.41 Å². The van der Waals surface area contributed by atoms with Crippen molar-refractivity contribution in [3.8, 4) is 0 Å². The molecule has 86 valence electrons. The second kappa shape index (κ2) is 5.46. The number of anilines is 1. The van der Waals surface area contributed by atoms with Gasteiger partial charge in [0.1, 0.15) is 5.82 Å². The zero-order chi connectivity index (χ0) is 12.1. The number of hydrogen-bond acceptors (Lipinski definition) is 2. The molecule has 4 nitrogen and oxygen atoms in total. The summed E-state index contributed by atoms with van der Waals surface area (Å²) in [6.07, 6.45) is 0.0800. The summed E-state index contributed by atoms with van der Waals surface area (Å²) in [6, 6.07) is 3.98. The number of carboxylic acid groups (broad SMARTS) is 1. The minimum absolute atomic E-state index is 0.0671. The lowest BCUT2D eigenvalue weighted by Crippen LogP contribution is -2.25. The Kier molecular flexibility index (Phi) is 4.25. The lowest BCUT2D eigenvalue weighted by atomic mass is 10.2. The number of carbonyl (C=O) groups excluding carboxylic acids is 1. The van der Waals surface area contributed by atoms with Gasteiger partial charge in [-0.3, -0.25) is 9.59 Å². The van der Waals surface area contributed by atoms with Gasteiger partial charge in [0.15, 0.2) is 0 Å². The third-order valence-corrected chi connectivity index (χ3v) is 2.22. The third kappa shape index (κ3) is 2.93. The zero-order valence-corrected chi connectivity index (χ0v) is 8.95. The molecule has 1 rings (SSSR count). The van der Waals surface area contributed by atoms with Crippen molar-refractivity contribution in [2.24, 2.45) is 0 Å². The van der Waals surface area contributed by atoms with Crippen molar-refractivity contribution in [3.63, 3.8) is 0 Å². The zero-order valence-electron chi connectivity index (χ0n) is 8.19. The summed E-state index contributed by atoms with van der Waals surface area (Å²) in [5.41, 5.74) is -0.0968. The molecule has 0 aromatic heterocycles. The van der Waals surface area contributed by atoms with Crippen molar-refractivity contribution in [1.29, 1.82) is 0 Å². The smallest absolute Gasteiger partial charge is 0.305 e. The highest BCUT2D eigenvalue weighted by molar-refractivity contribution is 6.33. The second-order valence-corrected chi connectivity index (χ2v) is 3.42. The van der Waals surface area contributed by atoms with Gasteiger partial charge in [-0.05, 0) is 12.1 Å². The molecule has 1 aromatic carbocycles. The molecule has 0 unspecified atom stereocenters. The average Bonchev–Trinajstić information content (AvgIpc) is 2.22. The first-order valence-electron chi connectivity index (χ1n) is 4.44. The van der Waals surface area contributed by atoms with E-state index in [1.807, 2.05) is 0 Å². The largest absolute Gasteiger partial charge is 0.481 e. The Morgan fingerprint density at radius 2 is 2.25 bits per heavy atom. The summed E-state index contributed by atoms with van der Waals surface area (Å²) in [6.45, 7) is -0.126. The summed E-state index contributed by atoms with van der Waals surface area (Å²) >= 11 is 5.73. The SMILES string of the molecule is O=CN(CCC(=O)O)c1c(F)cccc1Cl. The van der Waals surface area contributed by atoms with Crippen molar-refractivity contribution in [3.05, 3.63) is 29.0 Å². The van der Waals surface area contributed by atoms with Crippen LogP contribution >= 0.6 is 11.6 Å². The molecule has 0 aliphatic carbocycles. The molecule has 0 atom stereocenters. The maximum Gasteiger partial charge on any atom is 0.305 e. The molecular weight excluding hydrogens is 237 g/mol. The van der Waals surface area contributed by atoms with E-state index in [9.17, 15) is 14.0 Å². The quantitative estimate of drug-likeness (QED) is 0.807. The van der Waals surface area contributed by atoms with Crippen LogP contribution in [0.5, 0.6) is 0 Å². The van der Waals surface area contributed by atoms with Crippen LogP contribution < -0.4 is 4.90 Å². The number of carbonyl (C=O) groups is 2. The maximum atomic E-state index is 13.4. The predicted molar refractivity (Wildman–Crippen MR) is 57.1 cm³/mol. The van der Waals surface area contributed by atoms with Crippen LogP contribution in [-0.4, -0.2) is 24.0 Å². The van der Waals surface area contributed by atoms with Crippen molar-refractivity contribution in [2.75, 3.05) is 11.4 Å². The summed E-state index contributed by atoms with van der Waals surface area (Å²) in [4.78, 5) is 22.0. The van der Waals surface area contributed by atoms with Crippen LogP contribution in [0.4, 0.5) is 10.1 Å². The van der Waals surface area contributed by atoms with E-state index in [2.05, 4.69) is 0 Å². The number of para-hydroxylation sites is 1. The molecule has 1 N–H and O–H groups in total. The Balaban J connectivity index is 2.94. The molecular formula is C10H9ClFNO3. The number of nitrogens with zero attached hydrogens (tertiary/aromatic N) is 1. The minimum atomic E-state index is -1.07. The number of aliphatic carboxylic acids is 1. The molecule has 0 radical (unpaired) electrons. The van der Waals surface area contributed by atoms with Crippen LogP contribution in [0.1, 0.15) is 6.42 Å². The highest BCUT2D eigenvalue weighted by atomic mass is 35.5.